The minimum Gasteiger partial charge on any atom is -0.372 e. The third-order valence-electron chi connectivity index (χ3n) is 2.89. The van der Waals surface area contributed by atoms with Crippen LogP contribution in [-0.4, -0.2) is 53.3 Å². The molecule has 1 heterocycles. The van der Waals surface area contributed by atoms with Gasteiger partial charge in [0.25, 0.3) is 0 Å². The number of nitrogens with two attached hydrogens (primary N) is 1. The molecule has 0 amide bonds. The van der Waals surface area contributed by atoms with E-state index < -0.39 is 8.80 Å². The molecule has 6 nitrogen and oxygen atoms in total. The summed E-state index contributed by atoms with van der Waals surface area (Å²) in [6.45, 7) is 9.95. The molecule has 0 aromatic heterocycles. The van der Waals surface area contributed by atoms with Crippen LogP contribution in [-0.2, 0) is 22.8 Å². The van der Waals surface area contributed by atoms with Crippen molar-refractivity contribution in [1.29, 1.82) is 0 Å². The van der Waals surface area contributed by atoms with Gasteiger partial charge in [-0.3, -0.25) is 0 Å². The molecule has 0 radical (unpaired) electrons. The lowest BCUT2D eigenvalue weighted by Gasteiger charge is -2.34. The van der Waals surface area contributed by atoms with Crippen molar-refractivity contribution in [2.45, 2.75) is 52.2 Å². The number of rotatable bonds is 11. The van der Waals surface area contributed by atoms with Crippen molar-refractivity contribution in [3.63, 3.8) is 0 Å². The SMILES string of the molecule is CCO[Si](OCC)(OCC)C(CC)OCC1OC1N. The molecule has 0 bridgehead atoms. The van der Waals surface area contributed by atoms with Gasteiger partial charge < -0.3 is 28.5 Å². The van der Waals surface area contributed by atoms with E-state index in [1.807, 2.05) is 27.7 Å². The predicted molar refractivity (Wildman–Crippen MR) is 73.5 cm³/mol. The van der Waals surface area contributed by atoms with Crippen molar-refractivity contribution in [2.24, 2.45) is 5.73 Å². The molecule has 1 rings (SSSR count). The fraction of sp³-hybridized carbons (Fsp3) is 1.00. The lowest BCUT2D eigenvalue weighted by Crippen LogP contribution is -2.57. The van der Waals surface area contributed by atoms with Gasteiger partial charge in [0.2, 0.25) is 0 Å². The molecular weight excluding hydrogens is 266 g/mol. The molecule has 0 aliphatic carbocycles. The van der Waals surface area contributed by atoms with Gasteiger partial charge in [-0.25, -0.2) is 0 Å². The van der Waals surface area contributed by atoms with Crippen LogP contribution in [0.5, 0.6) is 0 Å². The second-order valence-electron chi connectivity index (χ2n) is 4.27. The summed E-state index contributed by atoms with van der Waals surface area (Å²) >= 11 is 0. The van der Waals surface area contributed by atoms with Crippen LogP contribution in [0.2, 0.25) is 0 Å². The highest BCUT2D eigenvalue weighted by atomic mass is 28.4. The van der Waals surface area contributed by atoms with Crippen molar-refractivity contribution >= 4 is 8.80 Å². The van der Waals surface area contributed by atoms with Gasteiger partial charge in [0.15, 0.2) is 0 Å². The molecule has 1 aliphatic rings. The van der Waals surface area contributed by atoms with Gasteiger partial charge >= 0.3 is 8.80 Å². The Balaban J connectivity index is 2.65. The first-order chi connectivity index (χ1) is 9.13. The monoisotopic (exact) mass is 293 g/mol. The molecule has 19 heavy (non-hydrogen) atoms. The molecular formula is C12H27NO5Si. The third-order valence-corrected chi connectivity index (χ3v) is 6.32. The lowest BCUT2D eigenvalue weighted by molar-refractivity contribution is -0.0147. The maximum atomic E-state index is 5.89. The van der Waals surface area contributed by atoms with Gasteiger partial charge in [0.05, 0.1) is 6.61 Å². The quantitative estimate of drug-likeness (QED) is 0.453. The van der Waals surface area contributed by atoms with E-state index in [-0.39, 0.29) is 18.1 Å². The smallest absolute Gasteiger partial charge is 0.372 e. The highest BCUT2D eigenvalue weighted by Gasteiger charge is 2.50. The molecule has 1 aliphatic heterocycles. The van der Waals surface area contributed by atoms with Crippen LogP contribution < -0.4 is 5.73 Å². The Labute approximate surface area is 116 Å². The first-order valence-electron chi connectivity index (χ1n) is 7.07. The predicted octanol–water partition coefficient (Wildman–Crippen LogP) is 1.05. The molecule has 7 heteroatoms. The molecule has 1 fully saturated rings. The van der Waals surface area contributed by atoms with Crippen LogP contribution >= 0.6 is 0 Å². The van der Waals surface area contributed by atoms with Crippen LogP contribution in [0, 0.1) is 0 Å². The Bertz CT molecular complexity index is 239. The standard InChI is InChI=1S/C12H27NO5Si/c1-5-11(14-9-10-12(13)18-10)19(15-6-2,16-7-3)17-8-4/h10-12H,5-9,13H2,1-4H3. The van der Waals surface area contributed by atoms with Gasteiger partial charge in [-0.15, -0.1) is 0 Å². The van der Waals surface area contributed by atoms with Crippen LogP contribution in [0.25, 0.3) is 0 Å². The summed E-state index contributed by atoms with van der Waals surface area (Å²) in [7, 11) is -2.80. The van der Waals surface area contributed by atoms with Crippen molar-refractivity contribution in [1.82, 2.24) is 0 Å². The molecule has 2 N–H and O–H groups in total. The summed E-state index contributed by atoms with van der Waals surface area (Å²) < 4.78 is 28.6. The van der Waals surface area contributed by atoms with Crippen molar-refractivity contribution < 1.29 is 22.8 Å². The Morgan fingerprint density at radius 3 is 1.84 bits per heavy atom. The maximum Gasteiger partial charge on any atom is 0.531 e. The normalized spacial score (nSPS) is 24.5. The summed E-state index contributed by atoms with van der Waals surface area (Å²) in [5.74, 6) is 0. The van der Waals surface area contributed by atoms with E-state index in [1.54, 1.807) is 0 Å². The average Bonchev–Trinajstić information content (AvgIpc) is 3.07. The molecule has 0 aromatic rings. The van der Waals surface area contributed by atoms with E-state index in [4.69, 9.17) is 28.5 Å². The lowest BCUT2D eigenvalue weighted by atomic mass is 10.4. The maximum absolute atomic E-state index is 5.89. The Morgan fingerprint density at radius 1 is 1.05 bits per heavy atom. The molecule has 0 saturated carbocycles. The third kappa shape index (κ3) is 4.78. The largest absolute Gasteiger partial charge is 0.531 e. The minimum atomic E-state index is -2.80. The molecule has 3 atom stereocenters. The fourth-order valence-electron chi connectivity index (χ4n) is 1.98. The Hall–Kier alpha value is -0.0231. The van der Waals surface area contributed by atoms with E-state index >= 15 is 0 Å². The summed E-state index contributed by atoms with van der Waals surface area (Å²) in [6, 6.07) is 0. The number of epoxide rings is 1. The molecule has 0 spiro atoms. The van der Waals surface area contributed by atoms with Gasteiger partial charge in [-0.05, 0) is 27.2 Å². The highest BCUT2D eigenvalue weighted by Crippen LogP contribution is 2.24. The molecule has 3 unspecified atom stereocenters. The summed E-state index contributed by atoms with van der Waals surface area (Å²) in [4.78, 5) is 0. The second-order valence-corrected chi connectivity index (χ2v) is 6.99. The Kier molecular flexibility index (Phi) is 7.44. The van der Waals surface area contributed by atoms with Gasteiger partial charge in [0, 0.05) is 19.8 Å². The zero-order valence-electron chi connectivity index (χ0n) is 12.4. The van der Waals surface area contributed by atoms with Crippen LogP contribution in [0.4, 0.5) is 0 Å². The zero-order chi connectivity index (χ0) is 14.3. The van der Waals surface area contributed by atoms with E-state index in [0.29, 0.717) is 26.4 Å². The van der Waals surface area contributed by atoms with Crippen LogP contribution in [0.15, 0.2) is 0 Å². The molecule has 1 saturated heterocycles. The summed E-state index contributed by atoms with van der Waals surface area (Å²) in [5.41, 5.74) is 5.42. The van der Waals surface area contributed by atoms with Gasteiger partial charge in [-0.1, -0.05) is 6.92 Å². The first kappa shape index (κ1) is 17.0. The fourth-order valence-corrected chi connectivity index (χ4v) is 4.79. The van der Waals surface area contributed by atoms with Gasteiger partial charge in [0.1, 0.15) is 18.1 Å². The minimum absolute atomic E-state index is 0.00868. The summed E-state index contributed by atoms with van der Waals surface area (Å²) in [5, 5.41) is 0. The van der Waals surface area contributed by atoms with Crippen LogP contribution in [0.1, 0.15) is 34.1 Å². The van der Waals surface area contributed by atoms with Crippen molar-refractivity contribution in [2.75, 3.05) is 26.4 Å². The van der Waals surface area contributed by atoms with E-state index in [1.165, 1.54) is 0 Å². The highest BCUT2D eigenvalue weighted by molar-refractivity contribution is 6.62. The van der Waals surface area contributed by atoms with E-state index in [2.05, 4.69) is 0 Å². The molecule has 114 valence electrons. The van der Waals surface area contributed by atoms with E-state index in [9.17, 15) is 0 Å². The Morgan fingerprint density at radius 2 is 1.53 bits per heavy atom. The topological polar surface area (TPSA) is 75.5 Å². The van der Waals surface area contributed by atoms with Crippen LogP contribution in [0.3, 0.4) is 0 Å². The summed E-state index contributed by atoms with van der Waals surface area (Å²) in [6.07, 6.45) is 0.569. The van der Waals surface area contributed by atoms with Gasteiger partial charge in [-0.2, -0.15) is 0 Å². The van der Waals surface area contributed by atoms with Crippen molar-refractivity contribution in [3.05, 3.63) is 0 Å². The number of hydrogen-bond donors (Lipinski definition) is 1. The molecule has 0 aromatic carbocycles. The zero-order valence-corrected chi connectivity index (χ0v) is 13.4. The van der Waals surface area contributed by atoms with Crippen molar-refractivity contribution in [3.8, 4) is 0 Å². The number of ether oxygens (including phenoxy) is 2. The average molecular weight is 293 g/mol. The first-order valence-corrected chi connectivity index (χ1v) is 8.88. The number of hydrogen-bond acceptors (Lipinski definition) is 6. The second kappa shape index (κ2) is 8.31. The van der Waals surface area contributed by atoms with E-state index in [0.717, 1.165) is 6.42 Å².